The van der Waals surface area contributed by atoms with E-state index in [4.69, 9.17) is 8.83 Å². The van der Waals surface area contributed by atoms with Crippen LogP contribution in [0.25, 0.3) is 0 Å². The maximum absolute atomic E-state index is 5.64. The standard InChI is InChI=1S/C14H18O2S/c1-9-5-7-13(15-9)11(3)17-12(4)14-8-6-10(2)16-14/h5-8,11-12H,1-4H3. The second-order valence-corrected chi connectivity index (χ2v) is 6.00. The monoisotopic (exact) mass is 250 g/mol. The molecule has 0 aromatic carbocycles. The van der Waals surface area contributed by atoms with Crippen LogP contribution in [0.15, 0.2) is 33.1 Å². The van der Waals surface area contributed by atoms with Gasteiger partial charge in [0, 0.05) is 0 Å². The van der Waals surface area contributed by atoms with Gasteiger partial charge in [-0.05, 0) is 52.0 Å². The first-order valence-corrected chi connectivity index (χ1v) is 6.78. The van der Waals surface area contributed by atoms with Crippen LogP contribution in [-0.2, 0) is 0 Å². The van der Waals surface area contributed by atoms with E-state index in [0.717, 1.165) is 23.0 Å². The number of rotatable bonds is 4. The van der Waals surface area contributed by atoms with Crippen molar-refractivity contribution >= 4 is 11.8 Å². The van der Waals surface area contributed by atoms with Crippen molar-refractivity contribution in [2.45, 2.75) is 38.2 Å². The van der Waals surface area contributed by atoms with Crippen molar-refractivity contribution in [2.75, 3.05) is 0 Å². The van der Waals surface area contributed by atoms with Crippen LogP contribution in [0, 0.1) is 13.8 Å². The van der Waals surface area contributed by atoms with Crippen molar-refractivity contribution in [3.63, 3.8) is 0 Å². The minimum absolute atomic E-state index is 0.337. The van der Waals surface area contributed by atoms with Crippen LogP contribution in [0.3, 0.4) is 0 Å². The molecule has 0 bridgehead atoms. The minimum atomic E-state index is 0.337. The zero-order valence-corrected chi connectivity index (χ0v) is 11.5. The van der Waals surface area contributed by atoms with Gasteiger partial charge in [-0.25, -0.2) is 0 Å². The predicted octanol–water partition coefficient (Wildman–Crippen LogP) is 5.04. The molecular weight excluding hydrogens is 232 g/mol. The summed E-state index contributed by atoms with van der Waals surface area (Å²) in [5.41, 5.74) is 0. The first-order chi connectivity index (χ1) is 8.06. The van der Waals surface area contributed by atoms with Crippen molar-refractivity contribution in [3.8, 4) is 0 Å². The van der Waals surface area contributed by atoms with E-state index >= 15 is 0 Å². The third-order valence-corrected chi connectivity index (χ3v) is 4.01. The van der Waals surface area contributed by atoms with Crippen LogP contribution in [0.2, 0.25) is 0 Å². The van der Waals surface area contributed by atoms with Gasteiger partial charge in [-0.3, -0.25) is 0 Å². The van der Waals surface area contributed by atoms with Crippen LogP contribution in [0.5, 0.6) is 0 Å². The van der Waals surface area contributed by atoms with E-state index in [-0.39, 0.29) is 0 Å². The minimum Gasteiger partial charge on any atom is -0.465 e. The molecule has 92 valence electrons. The molecule has 0 aliphatic carbocycles. The van der Waals surface area contributed by atoms with Crippen molar-refractivity contribution in [3.05, 3.63) is 47.3 Å². The van der Waals surface area contributed by atoms with E-state index in [1.807, 2.05) is 49.9 Å². The van der Waals surface area contributed by atoms with Gasteiger partial charge in [0.15, 0.2) is 0 Å². The molecule has 2 nitrogen and oxygen atoms in total. The van der Waals surface area contributed by atoms with Crippen molar-refractivity contribution in [1.82, 2.24) is 0 Å². The Morgan fingerprint density at radius 1 is 0.824 bits per heavy atom. The molecule has 2 atom stereocenters. The van der Waals surface area contributed by atoms with Crippen LogP contribution < -0.4 is 0 Å². The topological polar surface area (TPSA) is 26.3 Å². The zero-order valence-electron chi connectivity index (χ0n) is 10.7. The molecule has 2 heterocycles. The molecule has 0 saturated heterocycles. The molecule has 0 aliphatic heterocycles. The highest BCUT2D eigenvalue weighted by atomic mass is 32.2. The molecule has 0 N–H and O–H groups in total. The van der Waals surface area contributed by atoms with Gasteiger partial charge in [0.25, 0.3) is 0 Å². The Morgan fingerprint density at radius 3 is 1.53 bits per heavy atom. The van der Waals surface area contributed by atoms with Gasteiger partial charge in [0.2, 0.25) is 0 Å². The third-order valence-electron chi connectivity index (χ3n) is 2.73. The van der Waals surface area contributed by atoms with Gasteiger partial charge in [-0.15, -0.1) is 11.8 Å². The molecule has 0 fully saturated rings. The second-order valence-electron chi connectivity index (χ2n) is 4.32. The van der Waals surface area contributed by atoms with E-state index in [0.29, 0.717) is 10.5 Å². The summed E-state index contributed by atoms with van der Waals surface area (Å²) in [6, 6.07) is 8.11. The van der Waals surface area contributed by atoms with E-state index in [9.17, 15) is 0 Å². The van der Waals surface area contributed by atoms with Gasteiger partial charge in [-0.1, -0.05) is 0 Å². The SMILES string of the molecule is Cc1ccc(C(C)SC(C)c2ccc(C)o2)o1. The number of thioether (sulfide) groups is 1. The number of hydrogen-bond donors (Lipinski definition) is 0. The molecule has 2 unspecified atom stereocenters. The highest BCUT2D eigenvalue weighted by Crippen LogP contribution is 2.40. The molecule has 2 aromatic heterocycles. The summed E-state index contributed by atoms with van der Waals surface area (Å²) in [7, 11) is 0. The molecule has 0 amide bonds. The van der Waals surface area contributed by atoms with Gasteiger partial charge in [-0.2, -0.15) is 0 Å². The molecule has 3 heteroatoms. The highest BCUT2D eigenvalue weighted by molar-refractivity contribution is 7.99. The lowest BCUT2D eigenvalue weighted by Gasteiger charge is -2.13. The summed E-state index contributed by atoms with van der Waals surface area (Å²) in [6.45, 7) is 8.27. The second kappa shape index (κ2) is 5.05. The van der Waals surface area contributed by atoms with Crippen LogP contribution in [-0.4, -0.2) is 0 Å². The molecule has 0 saturated carbocycles. The van der Waals surface area contributed by atoms with Crippen LogP contribution in [0.1, 0.15) is 47.4 Å². The fraction of sp³-hybridized carbons (Fsp3) is 0.429. The van der Waals surface area contributed by atoms with Crippen LogP contribution >= 0.6 is 11.8 Å². The fourth-order valence-electron chi connectivity index (χ4n) is 1.78. The molecule has 17 heavy (non-hydrogen) atoms. The Kier molecular flexibility index (Phi) is 3.67. The van der Waals surface area contributed by atoms with Crippen molar-refractivity contribution < 1.29 is 8.83 Å². The smallest absolute Gasteiger partial charge is 0.116 e. The Labute approximate surface area is 106 Å². The maximum atomic E-state index is 5.64. The summed E-state index contributed by atoms with van der Waals surface area (Å²) in [5, 5.41) is 0.674. The molecule has 2 rings (SSSR count). The van der Waals surface area contributed by atoms with E-state index in [1.54, 1.807) is 0 Å². The summed E-state index contributed by atoms with van der Waals surface area (Å²) in [4.78, 5) is 0. The van der Waals surface area contributed by atoms with E-state index in [2.05, 4.69) is 13.8 Å². The predicted molar refractivity (Wildman–Crippen MR) is 71.3 cm³/mol. The Bertz CT molecular complexity index is 440. The Balaban J connectivity index is 2.01. The number of aryl methyl sites for hydroxylation is 2. The first-order valence-electron chi connectivity index (χ1n) is 5.84. The molecule has 2 aromatic rings. The Hall–Kier alpha value is -1.09. The normalized spacial score (nSPS) is 14.8. The van der Waals surface area contributed by atoms with Crippen molar-refractivity contribution in [1.29, 1.82) is 0 Å². The molecule has 0 aliphatic rings. The lowest BCUT2D eigenvalue weighted by atomic mass is 10.3. The maximum Gasteiger partial charge on any atom is 0.116 e. The van der Waals surface area contributed by atoms with Gasteiger partial charge in [0.05, 0.1) is 10.5 Å². The lowest BCUT2D eigenvalue weighted by molar-refractivity contribution is 0.479. The summed E-state index contributed by atoms with van der Waals surface area (Å²) >= 11 is 1.84. The van der Waals surface area contributed by atoms with Gasteiger partial charge < -0.3 is 8.83 Å². The van der Waals surface area contributed by atoms with Crippen LogP contribution in [0.4, 0.5) is 0 Å². The summed E-state index contributed by atoms with van der Waals surface area (Å²) < 4.78 is 11.3. The third kappa shape index (κ3) is 2.97. The number of hydrogen-bond acceptors (Lipinski definition) is 3. The highest BCUT2D eigenvalue weighted by Gasteiger charge is 2.17. The zero-order chi connectivity index (χ0) is 12.4. The largest absolute Gasteiger partial charge is 0.465 e. The van der Waals surface area contributed by atoms with Gasteiger partial charge in [0.1, 0.15) is 23.0 Å². The van der Waals surface area contributed by atoms with E-state index in [1.165, 1.54) is 0 Å². The quantitative estimate of drug-likeness (QED) is 0.760. The Morgan fingerprint density at radius 2 is 1.24 bits per heavy atom. The lowest BCUT2D eigenvalue weighted by Crippen LogP contribution is -1.91. The van der Waals surface area contributed by atoms with Crippen molar-refractivity contribution in [2.24, 2.45) is 0 Å². The average Bonchev–Trinajstić information content (AvgIpc) is 2.87. The summed E-state index contributed by atoms with van der Waals surface area (Å²) in [5.74, 6) is 3.99. The number of furan rings is 2. The average molecular weight is 250 g/mol. The van der Waals surface area contributed by atoms with Gasteiger partial charge >= 0.3 is 0 Å². The molecular formula is C14H18O2S. The fourth-order valence-corrected chi connectivity index (χ4v) is 2.92. The summed E-state index contributed by atoms with van der Waals surface area (Å²) in [6.07, 6.45) is 0. The first kappa shape index (κ1) is 12.4. The molecule has 0 spiro atoms. The molecule has 0 radical (unpaired) electrons. The van der Waals surface area contributed by atoms with E-state index < -0.39 is 0 Å².